The molecule has 1 fully saturated rings. The van der Waals surface area contributed by atoms with Crippen LogP contribution in [0.5, 0.6) is 0 Å². The van der Waals surface area contributed by atoms with Gasteiger partial charge in [0.2, 0.25) is 0 Å². The van der Waals surface area contributed by atoms with Crippen LogP contribution in [0.15, 0.2) is 71.5 Å². The van der Waals surface area contributed by atoms with E-state index in [0.29, 0.717) is 63.9 Å². The number of anilines is 1. The molecule has 1 aliphatic heterocycles. The van der Waals surface area contributed by atoms with Crippen LogP contribution in [0.2, 0.25) is 10.0 Å². The van der Waals surface area contributed by atoms with Gasteiger partial charge in [-0.1, -0.05) is 35.3 Å². The number of aromatic nitrogens is 1. The monoisotopic (exact) mass is 582 g/mol. The second kappa shape index (κ2) is 11.7. The number of nitrogens with zero attached hydrogens (tertiary/aromatic N) is 3. The van der Waals surface area contributed by atoms with Crippen LogP contribution in [0, 0.1) is 5.82 Å². The lowest BCUT2D eigenvalue weighted by Crippen LogP contribution is -2.49. The SMILES string of the molecule is NCOC(=O)c1c(N2CCN(C(=O)c3ccc(Cl)cc3)CC2)c2cc(Cl)ccc2n(Cc2ccc(F)cc2)c1=O. The van der Waals surface area contributed by atoms with Gasteiger partial charge < -0.3 is 19.1 Å². The Balaban J connectivity index is 1.57. The lowest BCUT2D eigenvalue weighted by molar-refractivity contribution is 0.0512. The summed E-state index contributed by atoms with van der Waals surface area (Å²) < 4.78 is 20.1. The van der Waals surface area contributed by atoms with Gasteiger partial charge in [-0.2, -0.15) is 0 Å². The molecule has 5 rings (SSSR count). The van der Waals surface area contributed by atoms with E-state index in [1.807, 2.05) is 4.90 Å². The Morgan fingerprint density at radius 2 is 1.55 bits per heavy atom. The highest BCUT2D eigenvalue weighted by molar-refractivity contribution is 6.31. The molecule has 2 heterocycles. The Labute approximate surface area is 239 Å². The minimum Gasteiger partial charge on any atom is -0.446 e. The Bertz CT molecular complexity index is 1630. The maximum atomic E-state index is 13.9. The summed E-state index contributed by atoms with van der Waals surface area (Å²) >= 11 is 12.3. The van der Waals surface area contributed by atoms with Crippen molar-refractivity contribution in [1.29, 1.82) is 0 Å². The summed E-state index contributed by atoms with van der Waals surface area (Å²) in [5, 5.41) is 1.52. The summed E-state index contributed by atoms with van der Waals surface area (Å²) in [6.45, 7) is 1.09. The summed E-state index contributed by atoms with van der Waals surface area (Å²) in [6, 6.07) is 17.5. The third-order valence-electron chi connectivity index (χ3n) is 6.85. The van der Waals surface area contributed by atoms with E-state index in [-0.39, 0.29) is 18.0 Å². The number of rotatable bonds is 6. The lowest BCUT2D eigenvalue weighted by Gasteiger charge is -2.37. The number of amides is 1. The molecule has 0 spiro atoms. The van der Waals surface area contributed by atoms with Crippen LogP contribution in [-0.4, -0.2) is 54.3 Å². The van der Waals surface area contributed by atoms with Gasteiger partial charge in [-0.3, -0.25) is 15.3 Å². The number of hydrogen-bond donors (Lipinski definition) is 1. The predicted octanol–water partition coefficient (Wildman–Crippen LogP) is 4.53. The van der Waals surface area contributed by atoms with Crippen molar-refractivity contribution in [2.45, 2.75) is 6.54 Å². The highest BCUT2D eigenvalue weighted by atomic mass is 35.5. The molecule has 0 saturated carbocycles. The van der Waals surface area contributed by atoms with Gasteiger partial charge in [-0.15, -0.1) is 0 Å². The largest absolute Gasteiger partial charge is 0.446 e. The fourth-order valence-corrected chi connectivity index (χ4v) is 5.21. The molecule has 8 nitrogen and oxygen atoms in total. The van der Waals surface area contributed by atoms with Gasteiger partial charge in [0.05, 0.1) is 17.7 Å². The molecule has 1 saturated heterocycles. The van der Waals surface area contributed by atoms with Crippen molar-refractivity contribution in [1.82, 2.24) is 9.47 Å². The molecular formula is C29H25Cl2FN4O4. The fraction of sp³-hybridized carbons (Fsp3) is 0.207. The lowest BCUT2D eigenvalue weighted by atomic mass is 10.0. The molecule has 11 heteroatoms. The van der Waals surface area contributed by atoms with Crippen molar-refractivity contribution in [2.24, 2.45) is 5.73 Å². The molecule has 0 bridgehead atoms. The van der Waals surface area contributed by atoms with Gasteiger partial charge in [-0.05, 0) is 60.2 Å². The van der Waals surface area contributed by atoms with Crippen LogP contribution in [0.25, 0.3) is 10.9 Å². The first kappa shape index (κ1) is 27.6. The van der Waals surface area contributed by atoms with Gasteiger partial charge in [0, 0.05) is 47.2 Å². The number of ether oxygens (including phenoxy) is 1. The van der Waals surface area contributed by atoms with Crippen LogP contribution >= 0.6 is 23.2 Å². The Kier molecular flexibility index (Phi) is 8.07. The number of piperazine rings is 1. The zero-order valence-electron chi connectivity index (χ0n) is 21.3. The molecule has 1 aromatic heterocycles. The second-order valence-corrected chi connectivity index (χ2v) is 10.2. The van der Waals surface area contributed by atoms with Crippen LogP contribution in [0.3, 0.4) is 0 Å². The molecule has 40 heavy (non-hydrogen) atoms. The molecule has 206 valence electrons. The molecule has 1 aliphatic rings. The fourth-order valence-electron chi connectivity index (χ4n) is 4.91. The molecule has 0 atom stereocenters. The van der Waals surface area contributed by atoms with E-state index < -0.39 is 24.1 Å². The highest BCUT2D eigenvalue weighted by Crippen LogP contribution is 2.33. The molecule has 1 amide bonds. The van der Waals surface area contributed by atoms with Crippen molar-refractivity contribution >= 4 is 51.7 Å². The van der Waals surface area contributed by atoms with Crippen LogP contribution < -0.4 is 16.2 Å². The number of nitrogens with two attached hydrogens (primary N) is 1. The second-order valence-electron chi connectivity index (χ2n) is 9.29. The van der Waals surface area contributed by atoms with Crippen molar-refractivity contribution in [3.05, 3.63) is 110 Å². The van der Waals surface area contributed by atoms with E-state index in [2.05, 4.69) is 0 Å². The van der Waals surface area contributed by atoms with Gasteiger partial charge in [-0.25, -0.2) is 9.18 Å². The normalized spacial score (nSPS) is 13.5. The number of hydrogen-bond acceptors (Lipinski definition) is 6. The number of pyridine rings is 1. The van der Waals surface area contributed by atoms with Crippen molar-refractivity contribution in [3.63, 3.8) is 0 Å². The zero-order valence-corrected chi connectivity index (χ0v) is 22.8. The maximum Gasteiger partial charge on any atom is 0.347 e. The van der Waals surface area contributed by atoms with Crippen molar-refractivity contribution in [2.75, 3.05) is 37.8 Å². The van der Waals surface area contributed by atoms with E-state index >= 15 is 0 Å². The van der Waals surface area contributed by atoms with Crippen LogP contribution in [-0.2, 0) is 11.3 Å². The number of esters is 1. The maximum absolute atomic E-state index is 13.9. The number of fused-ring (bicyclic) bond motifs is 1. The average Bonchev–Trinajstić information content (AvgIpc) is 2.95. The predicted molar refractivity (Wildman–Crippen MR) is 153 cm³/mol. The number of benzene rings is 3. The summed E-state index contributed by atoms with van der Waals surface area (Å²) in [5.41, 5.74) is 6.84. The van der Waals surface area contributed by atoms with Crippen molar-refractivity contribution in [3.8, 4) is 0 Å². The van der Waals surface area contributed by atoms with Gasteiger partial charge >= 0.3 is 5.97 Å². The average molecular weight is 583 g/mol. The van der Waals surface area contributed by atoms with E-state index in [9.17, 15) is 18.8 Å². The highest BCUT2D eigenvalue weighted by Gasteiger charge is 2.30. The Morgan fingerprint density at radius 3 is 2.20 bits per heavy atom. The number of carbonyl (C=O) groups is 2. The zero-order chi connectivity index (χ0) is 28.4. The molecule has 0 radical (unpaired) electrons. The third-order valence-corrected chi connectivity index (χ3v) is 7.33. The molecular weight excluding hydrogens is 558 g/mol. The first-order valence-electron chi connectivity index (χ1n) is 12.5. The van der Waals surface area contributed by atoms with Crippen LogP contribution in [0.4, 0.5) is 10.1 Å². The summed E-state index contributed by atoms with van der Waals surface area (Å²) in [6.07, 6.45) is 0. The third kappa shape index (κ3) is 5.54. The minimum atomic E-state index is -0.864. The molecule has 0 unspecified atom stereocenters. The van der Waals surface area contributed by atoms with E-state index in [1.165, 1.54) is 16.7 Å². The summed E-state index contributed by atoms with van der Waals surface area (Å²) in [5.74, 6) is -1.40. The van der Waals surface area contributed by atoms with Gasteiger partial charge in [0.25, 0.3) is 11.5 Å². The Morgan fingerprint density at radius 1 is 0.900 bits per heavy atom. The first-order chi connectivity index (χ1) is 19.3. The number of halogens is 3. The van der Waals surface area contributed by atoms with Gasteiger partial charge in [0.1, 0.15) is 18.1 Å². The van der Waals surface area contributed by atoms with Crippen molar-refractivity contribution < 1.29 is 18.7 Å². The molecule has 4 aromatic rings. The first-order valence-corrected chi connectivity index (χ1v) is 13.3. The topological polar surface area (TPSA) is 97.9 Å². The molecule has 3 aromatic carbocycles. The number of carbonyl (C=O) groups excluding carboxylic acids is 2. The quantitative estimate of drug-likeness (QED) is 0.265. The smallest absolute Gasteiger partial charge is 0.347 e. The van der Waals surface area contributed by atoms with Crippen LogP contribution in [0.1, 0.15) is 26.3 Å². The van der Waals surface area contributed by atoms with E-state index in [0.717, 1.165) is 0 Å². The minimum absolute atomic E-state index is 0.0871. The summed E-state index contributed by atoms with van der Waals surface area (Å²) in [7, 11) is 0. The van der Waals surface area contributed by atoms with E-state index in [1.54, 1.807) is 59.5 Å². The standard InChI is InChI=1S/C29H25Cl2FN4O4/c30-20-5-3-19(4-6-20)27(37)35-13-11-34(12-14-35)26-23-15-21(31)7-10-24(23)36(16-18-1-8-22(32)9-2-18)28(38)25(26)29(39)40-17-33/h1-10,15H,11-14,16-17,33H2. The Hall–Kier alpha value is -3.92. The molecule has 2 N–H and O–H groups in total. The molecule has 0 aliphatic carbocycles. The van der Waals surface area contributed by atoms with Gasteiger partial charge in [0.15, 0.2) is 0 Å². The summed E-state index contributed by atoms with van der Waals surface area (Å²) in [4.78, 5) is 43.8. The van der Waals surface area contributed by atoms with E-state index in [4.69, 9.17) is 33.7 Å².